The Bertz CT molecular complexity index is 645. The number of nitrogens with one attached hydrogen (secondary N) is 1. The molecule has 0 aliphatic carbocycles. The van der Waals surface area contributed by atoms with Crippen LogP contribution < -0.4 is 5.32 Å². The summed E-state index contributed by atoms with van der Waals surface area (Å²) in [6.07, 6.45) is 0. The number of nitrogens with zero attached hydrogens (tertiary/aromatic N) is 3. The first-order valence-electron chi connectivity index (χ1n) is 6.49. The molecule has 0 saturated carbocycles. The predicted octanol–water partition coefficient (Wildman–Crippen LogP) is 3.58. The number of allylic oxidation sites excluding steroid dienone is 1. The van der Waals surface area contributed by atoms with E-state index in [4.69, 9.17) is 17.5 Å². The van der Waals surface area contributed by atoms with Crippen molar-refractivity contribution in [3.05, 3.63) is 42.1 Å². The van der Waals surface area contributed by atoms with Crippen LogP contribution in [0.15, 0.2) is 41.5 Å². The zero-order valence-electron chi connectivity index (χ0n) is 12.0. The summed E-state index contributed by atoms with van der Waals surface area (Å²) in [6.45, 7) is 8.62. The van der Waals surface area contributed by atoms with Crippen molar-refractivity contribution < 1.29 is 0 Å². The van der Waals surface area contributed by atoms with Gasteiger partial charge in [-0.1, -0.05) is 31.3 Å². The normalized spacial score (nSPS) is 19.4. The fourth-order valence-corrected chi connectivity index (χ4v) is 3.31. The molecule has 2 rings (SSSR count). The van der Waals surface area contributed by atoms with Gasteiger partial charge in [0.25, 0.3) is 0 Å². The van der Waals surface area contributed by atoms with Gasteiger partial charge in [0.2, 0.25) is 0 Å². The van der Waals surface area contributed by atoms with Gasteiger partial charge in [-0.05, 0) is 37.3 Å². The van der Waals surface area contributed by atoms with Gasteiger partial charge in [-0.3, -0.25) is 4.90 Å². The molecule has 1 unspecified atom stereocenters. The van der Waals surface area contributed by atoms with Gasteiger partial charge in [-0.2, -0.15) is 5.26 Å². The van der Waals surface area contributed by atoms with Gasteiger partial charge < -0.3 is 5.32 Å². The second-order valence-electron chi connectivity index (χ2n) is 4.79. The zero-order valence-corrected chi connectivity index (χ0v) is 13.6. The molecule has 21 heavy (non-hydrogen) atoms. The number of hydrogen-bond donors (Lipinski definition) is 1. The zero-order chi connectivity index (χ0) is 15.4. The highest BCUT2D eigenvalue weighted by atomic mass is 32.2. The molecule has 1 aromatic rings. The standard InChI is InChI=1S/C15H16N4S2/c1-10(2)17-15-19(9-11(3)21-15)14(20)18-13-6-4-5-12(7-13)8-16/h4-7,11H,1,9H2,2-3H3,(H,18,20)/b17-15+. The number of thioether (sulfide) groups is 1. The molecule has 4 nitrogen and oxygen atoms in total. The van der Waals surface area contributed by atoms with Crippen LogP contribution >= 0.6 is 24.0 Å². The van der Waals surface area contributed by atoms with Crippen LogP contribution in [0.2, 0.25) is 0 Å². The molecule has 1 aliphatic heterocycles. The van der Waals surface area contributed by atoms with Crippen molar-refractivity contribution in [1.29, 1.82) is 5.26 Å². The van der Waals surface area contributed by atoms with E-state index in [0.29, 0.717) is 15.9 Å². The first kappa shape index (κ1) is 15.5. The first-order valence-corrected chi connectivity index (χ1v) is 7.78. The largest absolute Gasteiger partial charge is 0.332 e. The summed E-state index contributed by atoms with van der Waals surface area (Å²) < 4.78 is 0. The Kier molecular flexibility index (Phi) is 4.99. The van der Waals surface area contributed by atoms with Crippen molar-refractivity contribution in [2.24, 2.45) is 4.99 Å². The molecule has 0 spiro atoms. The molecule has 0 amide bonds. The van der Waals surface area contributed by atoms with Gasteiger partial charge in [0.05, 0.1) is 11.6 Å². The van der Waals surface area contributed by atoms with Gasteiger partial charge in [-0.15, -0.1) is 0 Å². The lowest BCUT2D eigenvalue weighted by Gasteiger charge is -2.20. The van der Waals surface area contributed by atoms with Crippen LogP contribution in [0.5, 0.6) is 0 Å². The van der Waals surface area contributed by atoms with Crippen molar-refractivity contribution >= 4 is 39.9 Å². The van der Waals surface area contributed by atoms with Gasteiger partial charge in [0, 0.05) is 23.2 Å². The summed E-state index contributed by atoms with van der Waals surface area (Å²) in [4.78, 5) is 6.41. The Morgan fingerprint density at radius 1 is 1.62 bits per heavy atom. The molecule has 0 aromatic heterocycles. The van der Waals surface area contributed by atoms with Crippen molar-refractivity contribution in [3.63, 3.8) is 0 Å². The molecule has 1 atom stereocenters. The third-order valence-corrected chi connectivity index (χ3v) is 4.15. The Labute approximate surface area is 134 Å². The van der Waals surface area contributed by atoms with Crippen LogP contribution in [0, 0.1) is 11.3 Å². The van der Waals surface area contributed by atoms with Gasteiger partial charge >= 0.3 is 0 Å². The molecule has 1 N–H and O–H groups in total. The van der Waals surface area contributed by atoms with Crippen LogP contribution in [0.25, 0.3) is 0 Å². The van der Waals surface area contributed by atoms with E-state index >= 15 is 0 Å². The van der Waals surface area contributed by atoms with Gasteiger partial charge in [0.15, 0.2) is 10.3 Å². The summed E-state index contributed by atoms with van der Waals surface area (Å²) in [6, 6.07) is 9.36. The number of thiocarbonyl (C=S) groups is 1. The van der Waals surface area contributed by atoms with Gasteiger partial charge in [0.1, 0.15) is 0 Å². The van der Waals surface area contributed by atoms with E-state index in [1.165, 1.54) is 0 Å². The highest BCUT2D eigenvalue weighted by Crippen LogP contribution is 2.27. The van der Waals surface area contributed by atoms with E-state index in [1.54, 1.807) is 23.9 Å². The quantitative estimate of drug-likeness (QED) is 0.845. The number of amidine groups is 1. The van der Waals surface area contributed by atoms with Crippen LogP contribution in [-0.4, -0.2) is 27.0 Å². The molecular weight excluding hydrogens is 300 g/mol. The number of benzene rings is 1. The van der Waals surface area contributed by atoms with Crippen LogP contribution in [0.4, 0.5) is 5.69 Å². The number of hydrogen-bond acceptors (Lipinski definition) is 4. The number of anilines is 1. The lowest BCUT2D eigenvalue weighted by molar-refractivity contribution is 0.640. The van der Waals surface area contributed by atoms with Crippen molar-refractivity contribution in [1.82, 2.24) is 4.90 Å². The molecule has 1 heterocycles. The molecule has 6 heteroatoms. The second kappa shape index (κ2) is 6.74. The molecule has 1 aliphatic rings. The smallest absolute Gasteiger partial charge is 0.179 e. The minimum absolute atomic E-state index is 0.424. The SMILES string of the molecule is C=C(C)/N=C1/SC(C)CN1C(=S)Nc1cccc(C#N)c1. The third-order valence-electron chi connectivity index (χ3n) is 2.75. The average molecular weight is 316 g/mol. The van der Waals surface area contributed by atoms with Crippen molar-refractivity contribution in [2.75, 3.05) is 11.9 Å². The molecule has 0 radical (unpaired) electrons. The van der Waals surface area contributed by atoms with E-state index < -0.39 is 0 Å². The number of nitriles is 1. The Morgan fingerprint density at radius 3 is 3.05 bits per heavy atom. The lowest BCUT2D eigenvalue weighted by atomic mass is 10.2. The van der Waals surface area contributed by atoms with E-state index in [2.05, 4.69) is 29.9 Å². The van der Waals surface area contributed by atoms with Crippen molar-refractivity contribution in [3.8, 4) is 6.07 Å². The number of rotatable bonds is 2. The fourth-order valence-electron chi connectivity index (χ4n) is 1.89. The molecule has 0 bridgehead atoms. The molecule has 108 valence electrons. The summed E-state index contributed by atoms with van der Waals surface area (Å²) in [7, 11) is 0. The molecule has 1 saturated heterocycles. The van der Waals surface area contributed by atoms with Crippen molar-refractivity contribution in [2.45, 2.75) is 19.1 Å². The Hall–Kier alpha value is -1.84. The highest BCUT2D eigenvalue weighted by Gasteiger charge is 2.28. The van der Waals surface area contributed by atoms with Crippen LogP contribution in [0.3, 0.4) is 0 Å². The molecule has 1 aromatic carbocycles. The second-order valence-corrected chi connectivity index (χ2v) is 6.58. The summed E-state index contributed by atoms with van der Waals surface area (Å²) in [5, 5.41) is 14.0. The first-order chi connectivity index (χ1) is 9.99. The average Bonchev–Trinajstić information content (AvgIpc) is 2.79. The van der Waals surface area contributed by atoms with E-state index in [-0.39, 0.29) is 0 Å². The van der Waals surface area contributed by atoms with E-state index in [1.807, 2.05) is 24.0 Å². The summed E-state index contributed by atoms with van der Waals surface area (Å²) in [5.74, 6) is 0. The van der Waals surface area contributed by atoms with Crippen LogP contribution in [0.1, 0.15) is 19.4 Å². The fraction of sp³-hybridized carbons (Fsp3) is 0.267. The topological polar surface area (TPSA) is 51.4 Å². The minimum atomic E-state index is 0.424. The maximum absolute atomic E-state index is 8.93. The Morgan fingerprint density at radius 2 is 2.38 bits per heavy atom. The van der Waals surface area contributed by atoms with E-state index in [0.717, 1.165) is 23.1 Å². The summed E-state index contributed by atoms with van der Waals surface area (Å²) in [5.41, 5.74) is 2.16. The monoisotopic (exact) mass is 316 g/mol. The molecule has 1 fully saturated rings. The maximum Gasteiger partial charge on any atom is 0.179 e. The number of aliphatic imine (C=N–C) groups is 1. The molecular formula is C15H16N4S2. The third kappa shape index (κ3) is 4.06. The Balaban J connectivity index is 2.15. The van der Waals surface area contributed by atoms with Gasteiger partial charge in [-0.25, -0.2) is 4.99 Å². The predicted molar refractivity (Wildman–Crippen MR) is 93.4 cm³/mol. The minimum Gasteiger partial charge on any atom is -0.332 e. The summed E-state index contributed by atoms with van der Waals surface area (Å²) >= 11 is 7.15. The highest BCUT2D eigenvalue weighted by molar-refractivity contribution is 8.14. The maximum atomic E-state index is 8.93. The van der Waals surface area contributed by atoms with E-state index in [9.17, 15) is 0 Å². The van der Waals surface area contributed by atoms with Crippen LogP contribution in [-0.2, 0) is 0 Å². The lowest BCUT2D eigenvalue weighted by Crippen LogP contribution is -2.36.